The van der Waals surface area contributed by atoms with E-state index in [0.717, 1.165) is 16.7 Å². The van der Waals surface area contributed by atoms with Crippen LogP contribution in [0.1, 0.15) is 23.4 Å². The lowest BCUT2D eigenvalue weighted by Crippen LogP contribution is -2.36. The third-order valence-electron chi connectivity index (χ3n) is 3.25. The average Bonchev–Trinajstić information content (AvgIpc) is 3.38. The molecular formula is C15H17F3IN7OS. The van der Waals surface area contributed by atoms with Gasteiger partial charge in [-0.15, -0.1) is 40.4 Å². The van der Waals surface area contributed by atoms with Crippen molar-refractivity contribution in [1.82, 2.24) is 30.8 Å². The smallest absolute Gasteiger partial charge is 0.434 e. The van der Waals surface area contributed by atoms with Crippen LogP contribution in [0.5, 0.6) is 0 Å². The Kier molecular flexibility index (Phi) is 7.79. The number of nitrogens with one attached hydrogen (secondary N) is 3. The Morgan fingerprint density at radius 3 is 2.79 bits per heavy atom. The maximum Gasteiger partial charge on any atom is 0.434 e. The number of alkyl halides is 3. The van der Waals surface area contributed by atoms with Gasteiger partial charge in [-0.2, -0.15) is 13.2 Å². The monoisotopic (exact) mass is 527 g/mol. The molecule has 0 aliphatic rings. The molecule has 3 aromatic rings. The van der Waals surface area contributed by atoms with Crippen LogP contribution in [0.3, 0.4) is 0 Å². The first-order chi connectivity index (χ1) is 13.0. The molecule has 0 fully saturated rings. The van der Waals surface area contributed by atoms with Gasteiger partial charge in [-0.1, -0.05) is 0 Å². The van der Waals surface area contributed by atoms with E-state index in [-0.39, 0.29) is 37.1 Å². The number of furan rings is 1. The Morgan fingerprint density at radius 2 is 2.14 bits per heavy atom. The zero-order valence-electron chi connectivity index (χ0n) is 14.6. The second-order valence-electron chi connectivity index (χ2n) is 5.26. The van der Waals surface area contributed by atoms with E-state index in [0.29, 0.717) is 34.9 Å². The van der Waals surface area contributed by atoms with Crippen molar-refractivity contribution >= 4 is 41.3 Å². The number of nitrogens with zero attached hydrogens (tertiary/aromatic N) is 4. The maximum atomic E-state index is 12.6. The molecule has 0 radical (unpaired) electrons. The second-order valence-corrected chi connectivity index (χ2v) is 6.20. The second kappa shape index (κ2) is 9.86. The van der Waals surface area contributed by atoms with E-state index in [9.17, 15) is 13.2 Å². The zero-order valence-corrected chi connectivity index (χ0v) is 17.7. The fourth-order valence-corrected chi connectivity index (χ4v) is 2.80. The lowest BCUT2D eigenvalue weighted by atomic mass is 10.4. The summed E-state index contributed by atoms with van der Waals surface area (Å²) >= 11 is 0.937. The van der Waals surface area contributed by atoms with Gasteiger partial charge >= 0.3 is 6.18 Å². The van der Waals surface area contributed by atoms with Crippen LogP contribution in [-0.2, 0) is 19.3 Å². The number of guanidine groups is 1. The highest BCUT2D eigenvalue weighted by Gasteiger charge is 2.33. The molecule has 3 heterocycles. The summed E-state index contributed by atoms with van der Waals surface area (Å²) in [5.74, 6) is 1.91. The molecule has 8 nitrogen and oxygen atoms in total. The molecule has 0 unspecified atom stereocenters. The van der Waals surface area contributed by atoms with E-state index >= 15 is 0 Å². The molecule has 0 atom stereocenters. The number of aromatic nitrogens is 4. The molecule has 0 aliphatic carbocycles. The summed E-state index contributed by atoms with van der Waals surface area (Å²) in [4.78, 5) is 12.2. The standard InChI is InChI=1S/C15H16F3N7OS.HI/c1-2-19-14(21-7-12-22-10(8-27-12)15(16,17)18)20-6-11-23-13(25-24-11)9-4-3-5-26-9;/h3-5,8H,2,6-7H2,1H3,(H2,19,20,21)(H,23,24,25);1H. The van der Waals surface area contributed by atoms with Crippen LogP contribution in [-0.4, -0.2) is 32.7 Å². The molecule has 0 aliphatic heterocycles. The van der Waals surface area contributed by atoms with Gasteiger partial charge in [0.25, 0.3) is 0 Å². The van der Waals surface area contributed by atoms with Gasteiger partial charge in [-0.05, 0) is 19.1 Å². The van der Waals surface area contributed by atoms with Crippen LogP contribution in [0, 0.1) is 0 Å². The van der Waals surface area contributed by atoms with Crippen molar-refractivity contribution in [2.75, 3.05) is 6.54 Å². The zero-order chi connectivity index (χ0) is 19.3. The third kappa shape index (κ3) is 5.92. The molecule has 152 valence electrons. The van der Waals surface area contributed by atoms with Crippen LogP contribution in [0.2, 0.25) is 0 Å². The predicted molar refractivity (Wildman–Crippen MR) is 108 cm³/mol. The highest BCUT2D eigenvalue weighted by atomic mass is 127. The van der Waals surface area contributed by atoms with Crippen molar-refractivity contribution < 1.29 is 17.6 Å². The number of thiazole rings is 1. The number of hydrogen-bond acceptors (Lipinski definition) is 6. The van der Waals surface area contributed by atoms with Gasteiger partial charge < -0.3 is 15.1 Å². The Balaban J connectivity index is 0.00000280. The fraction of sp³-hybridized carbons (Fsp3) is 0.333. The van der Waals surface area contributed by atoms with Crippen molar-refractivity contribution in [2.24, 2.45) is 4.99 Å². The van der Waals surface area contributed by atoms with E-state index in [2.05, 4.69) is 35.8 Å². The van der Waals surface area contributed by atoms with Gasteiger partial charge in [0.1, 0.15) is 17.4 Å². The van der Waals surface area contributed by atoms with Crippen LogP contribution >= 0.6 is 35.3 Å². The van der Waals surface area contributed by atoms with E-state index in [1.165, 1.54) is 6.26 Å². The minimum atomic E-state index is -4.44. The van der Waals surface area contributed by atoms with Crippen LogP contribution < -0.4 is 10.6 Å². The Hall–Kier alpha value is -2.16. The van der Waals surface area contributed by atoms with E-state index in [1.54, 1.807) is 12.1 Å². The molecule has 0 spiro atoms. The Bertz CT molecular complexity index is 892. The minimum Gasteiger partial charge on any atom is -0.461 e. The molecule has 0 amide bonds. The van der Waals surface area contributed by atoms with Crippen LogP contribution in [0.25, 0.3) is 11.6 Å². The number of aliphatic imine (C=N–C) groups is 1. The highest BCUT2D eigenvalue weighted by molar-refractivity contribution is 14.0. The van der Waals surface area contributed by atoms with E-state index in [4.69, 9.17) is 4.42 Å². The van der Waals surface area contributed by atoms with Crippen molar-refractivity contribution in [3.63, 3.8) is 0 Å². The minimum absolute atomic E-state index is 0. The van der Waals surface area contributed by atoms with Gasteiger partial charge in [0.05, 0.1) is 12.8 Å². The van der Waals surface area contributed by atoms with E-state index < -0.39 is 11.9 Å². The molecule has 0 saturated carbocycles. The van der Waals surface area contributed by atoms with Crippen LogP contribution in [0.4, 0.5) is 13.2 Å². The predicted octanol–water partition coefficient (Wildman–Crippen LogP) is 3.41. The van der Waals surface area contributed by atoms with Gasteiger partial charge in [0, 0.05) is 11.9 Å². The summed E-state index contributed by atoms with van der Waals surface area (Å²) in [6.45, 7) is 2.80. The molecular weight excluding hydrogens is 510 g/mol. The number of halogens is 4. The highest BCUT2D eigenvalue weighted by Crippen LogP contribution is 2.29. The number of aromatic amines is 1. The average molecular weight is 527 g/mol. The van der Waals surface area contributed by atoms with Gasteiger partial charge in [-0.25, -0.2) is 15.0 Å². The van der Waals surface area contributed by atoms with E-state index in [1.807, 2.05) is 6.92 Å². The molecule has 3 rings (SSSR count). The molecule has 13 heteroatoms. The summed E-state index contributed by atoms with van der Waals surface area (Å²) < 4.78 is 43.0. The number of H-pyrrole nitrogens is 1. The lowest BCUT2D eigenvalue weighted by Gasteiger charge is -2.09. The topological polar surface area (TPSA) is 104 Å². The van der Waals surface area contributed by atoms with Crippen molar-refractivity contribution in [1.29, 1.82) is 0 Å². The largest absolute Gasteiger partial charge is 0.461 e. The normalized spacial score (nSPS) is 11.9. The number of hydrogen-bond donors (Lipinski definition) is 3. The summed E-state index contributed by atoms with van der Waals surface area (Å²) in [6, 6.07) is 3.48. The van der Waals surface area contributed by atoms with Gasteiger partial charge in [-0.3, -0.25) is 5.10 Å². The molecule has 0 saturated heterocycles. The molecule has 3 N–H and O–H groups in total. The third-order valence-corrected chi connectivity index (χ3v) is 4.10. The summed E-state index contributed by atoms with van der Waals surface area (Å²) in [7, 11) is 0. The maximum absolute atomic E-state index is 12.6. The fourth-order valence-electron chi connectivity index (χ4n) is 2.06. The summed E-state index contributed by atoms with van der Waals surface area (Å²) in [5.41, 5.74) is -0.890. The lowest BCUT2D eigenvalue weighted by molar-refractivity contribution is -0.140. The number of rotatable bonds is 6. The van der Waals surface area contributed by atoms with Crippen molar-refractivity contribution in [3.05, 3.63) is 40.3 Å². The van der Waals surface area contributed by atoms with Crippen molar-refractivity contribution in [3.8, 4) is 11.6 Å². The first-order valence-corrected chi connectivity index (χ1v) is 8.82. The van der Waals surface area contributed by atoms with Crippen LogP contribution in [0.15, 0.2) is 33.2 Å². The SMILES string of the molecule is CCNC(=NCc1nc(-c2ccco2)n[nH]1)NCc1nc(C(F)(F)F)cs1.I. The quantitative estimate of drug-likeness (QED) is 0.258. The Morgan fingerprint density at radius 1 is 1.32 bits per heavy atom. The summed E-state index contributed by atoms with van der Waals surface area (Å²) in [5, 5.41) is 14.1. The summed E-state index contributed by atoms with van der Waals surface area (Å²) in [6.07, 6.45) is -2.91. The van der Waals surface area contributed by atoms with Gasteiger partial charge in [0.15, 0.2) is 17.4 Å². The van der Waals surface area contributed by atoms with Gasteiger partial charge in [0.2, 0.25) is 5.82 Å². The Labute approximate surface area is 179 Å². The molecule has 0 aromatic carbocycles. The molecule has 0 bridgehead atoms. The molecule has 28 heavy (non-hydrogen) atoms. The first-order valence-electron chi connectivity index (χ1n) is 7.94. The molecule has 3 aromatic heterocycles. The van der Waals surface area contributed by atoms with Crippen molar-refractivity contribution in [2.45, 2.75) is 26.2 Å². The first kappa shape index (κ1) is 22.1.